The zero-order valence-electron chi connectivity index (χ0n) is 20.9. The maximum atomic E-state index is 14.3. The molecule has 2 unspecified atom stereocenters. The Morgan fingerprint density at radius 2 is 2.03 bits per heavy atom. The molecule has 0 aliphatic carbocycles. The van der Waals surface area contributed by atoms with Crippen LogP contribution < -0.4 is 15.5 Å². The molecular formula is C29H32N4O3. The van der Waals surface area contributed by atoms with Crippen molar-refractivity contribution < 1.29 is 14.0 Å². The summed E-state index contributed by atoms with van der Waals surface area (Å²) in [7, 11) is 1.94. The minimum absolute atomic E-state index is 0.115. The van der Waals surface area contributed by atoms with E-state index in [1.165, 1.54) is 18.1 Å². The lowest BCUT2D eigenvalue weighted by Gasteiger charge is -2.38. The number of carbonyl (C=O) groups excluding carboxylic acids is 2. The van der Waals surface area contributed by atoms with E-state index in [0.717, 1.165) is 40.7 Å². The van der Waals surface area contributed by atoms with E-state index in [1.54, 1.807) is 6.07 Å². The molecule has 36 heavy (non-hydrogen) atoms. The van der Waals surface area contributed by atoms with Crippen LogP contribution in [0.3, 0.4) is 0 Å². The zero-order chi connectivity index (χ0) is 25.2. The Morgan fingerprint density at radius 3 is 2.81 bits per heavy atom. The third kappa shape index (κ3) is 4.54. The van der Waals surface area contributed by atoms with Crippen molar-refractivity contribution >= 4 is 28.4 Å². The fraction of sp³-hybridized carbons (Fsp3) is 0.310. The van der Waals surface area contributed by atoms with Gasteiger partial charge in [-0.05, 0) is 62.2 Å². The van der Waals surface area contributed by atoms with Crippen molar-refractivity contribution in [2.75, 3.05) is 25.0 Å². The zero-order valence-corrected chi connectivity index (χ0v) is 20.9. The fourth-order valence-corrected chi connectivity index (χ4v) is 5.34. The lowest BCUT2D eigenvalue weighted by Crippen LogP contribution is -2.54. The second-order valence-electron chi connectivity index (χ2n) is 9.75. The number of nitrogens with zero attached hydrogens (tertiary/aromatic N) is 1. The Hall–Kier alpha value is -3.84. The minimum atomic E-state index is -0.769. The minimum Gasteiger partial charge on any atom is -0.472 e. The molecule has 3 atom stereocenters. The van der Waals surface area contributed by atoms with Crippen LogP contribution in [0.15, 0.2) is 71.7 Å². The van der Waals surface area contributed by atoms with Crippen molar-refractivity contribution in [2.45, 2.75) is 32.2 Å². The number of benzene rings is 2. The van der Waals surface area contributed by atoms with Gasteiger partial charge in [0.15, 0.2) is 0 Å². The summed E-state index contributed by atoms with van der Waals surface area (Å²) in [5.74, 6) is -0.442. The van der Waals surface area contributed by atoms with Gasteiger partial charge in [-0.25, -0.2) is 0 Å². The maximum Gasteiger partial charge on any atom is 0.255 e. The van der Waals surface area contributed by atoms with Crippen LogP contribution in [0, 0.1) is 12.8 Å². The van der Waals surface area contributed by atoms with E-state index in [1.807, 2.05) is 61.5 Å². The number of carbonyl (C=O) groups is 2. The van der Waals surface area contributed by atoms with Gasteiger partial charge in [-0.3, -0.25) is 9.59 Å². The van der Waals surface area contributed by atoms with Gasteiger partial charge in [0.05, 0.1) is 11.8 Å². The molecule has 0 fully saturated rings. The number of aryl methyl sites for hydroxylation is 1. The first kappa shape index (κ1) is 23.9. The van der Waals surface area contributed by atoms with Crippen LogP contribution in [-0.4, -0.2) is 43.0 Å². The normalized spacial score (nSPS) is 17.0. The average molecular weight is 485 g/mol. The Labute approximate surface area is 210 Å². The van der Waals surface area contributed by atoms with Gasteiger partial charge in [0.1, 0.15) is 12.3 Å². The summed E-state index contributed by atoms with van der Waals surface area (Å²) in [5.41, 5.74) is 5.63. The molecule has 3 heterocycles. The van der Waals surface area contributed by atoms with Gasteiger partial charge in [0, 0.05) is 35.2 Å². The van der Waals surface area contributed by atoms with Crippen molar-refractivity contribution in [3.8, 4) is 0 Å². The monoisotopic (exact) mass is 484 g/mol. The molecule has 1 aliphatic heterocycles. The van der Waals surface area contributed by atoms with Crippen LogP contribution in [0.2, 0.25) is 0 Å². The first-order valence-corrected chi connectivity index (χ1v) is 12.4. The lowest BCUT2D eigenvalue weighted by molar-refractivity contribution is -0.121. The topological polar surface area (TPSA) is 90.4 Å². The van der Waals surface area contributed by atoms with Gasteiger partial charge < -0.3 is 24.9 Å². The third-order valence-corrected chi connectivity index (χ3v) is 7.18. The maximum absolute atomic E-state index is 14.3. The van der Waals surface area contributed by atoms with Crippen molar-refractivity contribution in [1.82, 2.24) is 15.6 Å². The number of para-hydroxylation sites is 1. The number of aromatic nitrogens is 1. The van der Waals surface area contributed by atoms with Crippen molar-refractivity contribution in [3.63, 3.8) is 0 Å². The molecule has 7 nitrogen and oxygen atoms in total. The molecule has 0 saturated heterocycles. The van der Waals surface area contributed by atoms with E-state index >= 15 is 0 Å². The molecular weight excluding hydrogens is 452 g/mol. The summed E-state index contributed by atoms with van der Waals surface area (Å²) in [5, 5.41) is 7.35. The highest BCUT2D eigenvalue weighted by Crippen LogP contribution is 2.34. The molecule has 186 valence electrons. The van der Waals surface area contributed by atoms with E-state index < -0.39 is 6.04 Å². The Kier molecular flexibility index (Phi) is 6.65. The van der Waals surface area contributed by atoms with Crippen molar-refractivity contribution in [2.24, 2.45) is 5.92 Å². The number of H-pyrrole nitrogens is 1. The molecule has 1 aliphatic rings. The fourth-order valence-electron chi connectivity index (χ4n) is 5.34. The van der Waals surface area contributed by atoms with Crippen molar-refractivity contribution in [1.29, 1.82) is 0 Å². The number of fused-ring (bicyclic) bond motifs is 2. The Bertz CT molecular complexity index is 1370. The molecule has 0 bridgehead atoms. The highest BCUT2D eigenvalue weighted by Gasteiger charge is 2.37. The van der Waals surface area contributed by atoms with Crippen molar-refractivity contribution in [3.05, 3.63) is 89.5 Å². The van der Waals surface area contributed by atoms with Crippen LogP contribution in [0.25, 0.3) is 10.9 Å². The van der Waals surface area contributed by atoms with Crippen LogP contribution in [0.4, 0.5) is 5.69 Å². The molecule has 5 rings (SSSR count). The predicted molar refractivity (Wildman–Crippen MR) is 141 cm³/mol. The second kappa shape index (κ2) is 10.0. The standard InChI is InChI=1S/C29H32N4O3/c1-18-8-9-26-22(12-18)13-20(14-30-3)16-33(26)29(35)27(32-28(34)21-10-11-36-17-21)19(2)24-15-31-25-7-5-4-6-23(24)25/h4-12,15,17,19-20,27,30-31H,13-14,16H2,1-3H3,(H,32,34)/t19?,20-,27?/m1/s1. The molecule has 0 saturated carbocycles. The largest absolute Gasteiger partial charge is 0.472 e. The second-order valence-corrected chi connectivity index (χ2v) is 9.75. The van der Waals surface area contributed by atoms with Gasteiger partial charge in [-0.2, -0.15) is 0 Å². The van der Waals surface area contributed by atoms with E-state index in [4.69, 9.17) is 4.42 Å². The van der Waals surface area contributed by atoms with E-state index in [2.05, 4.69) is 28.6 Å². The number of anilines is 1. The van der Waals surface area contributed by atoms with Gasteiger partial charge in [0.25, 0.3) is 5.91 Å². The smallest absolute Gasteiger partial charge is 0.255 e. The summed E-state index contributed by atoms with van der Waals surface area (Å²) in [4.78, 5) is 32.6. The first-order valence-electron chi connectivity index (χ1n) is 12.4. The average Bonchev–Trinajstić information content (AvgIpc) is 3.56. The summed E-state index contributed by atoms with van der Waals surface area (Å²) >= 11 is 0. The van der Waals surface area contributed by atoms with Gasteiger partial charge in [-0.15, -0.1) is 0 Å². The molecule has 2 aromatic carbocycles. The van der Waals surface area contributed by atoms with Crippen LogP contribution in [-0.2, 0) is 11.2 Å². The Balaban J connectivity index is 1.54. The van der Waals surface area contributed by atoms with Gasteiger partial charge in [-0.1, -0.05) is 42.8 Å². The number of hydrogen-bond donors (Lipinski definition) is 3. The van der Waals surface area contributed by atoms with Gasteiger partial charge >= 0.3 is 0 Å². The third-order valence-electron chi connectivity index (χ3n) is 7.18. The Morgan fingerprint density at radius 1 is 1.19 bits per heavy atom. The predicted octanol–water partition coefficient (Wildman–Crippen LogP) is 4.40. The molecule has 2 amide bonds. The molecule has 0 spiro atoms. The number of hydrogen-bond acceptors (Lipinski definition) is 4. The molecule has 0 radical (unpaired) electrons. The summed E-state index contributed by atoms with van der Waals surface area (Å²) in [6.07, 6.45) is 5.71. The summed E-state index contributed by atoms with van der Waals surface area (Å²) in [6, 6.07) is 15.1. The lowest BCUT2D eigenvalue weighted by atomic mass is 9.88. The quantitative estimate of drug-likeness (QED) is 0.363. The highest BCUT2D eigenvalue weighted by molar-refractivity contribution is 6.03. The molecule has 7 heteroatoms. The number of rotatable bonds is 7. The van der Waals surface area contributed by atoms with E-state index in [0.29, 0.717) is 12.1 Å². The number of nitrogens with one attached hydrogen (secondary N) is 3. The molecule has 2 aromatic heterocycles. The van der Waals surface area contributed by atoms with Crippen LogP contribution in [0.5, 0.6) is 0 Å². The van der Waals surface area contributed by atoms with E-state index in [9.17, 15) is 9.59 Å². The SMILES string of the molecule is CNC[C@H]1Cc2cc(C)ccc2N(C(=O)C(NC(=O)c2ccoc2)C(C)c2c[nH]c3ccccc23)C1. The summed E-state index contributed by atoms with van der Waals surface area (Å²) < 4.78 is 5.11. The molecule has 3 N–H and O–H groups in total. The highest BCUT2D eigenvalue weighted by atomic mass is 16.3. The number of aromatic amines is 1. The first-order chi connectivity index (χ1) is 17.5. The van der Waals surface area contributed by atoms with Gasteiger partial charge in [0.2, 0.25) is 5.91 Å². The van der Waals surface area contributed by atoms with Crippen LogP contribution in [0.1, 0.15) is 39.9 Å². The summed E-state index contributed by atoms with van der Waals surface area (Å²) in [6.45, 7) is 5.47. The number of furan rings is 1. The van der Waals surface area contributed by atoms with Crippen LogP contribution >= 0.6 is 0 Å². The number of amides is 2. The molecule has 4 aromatic rings. The van der Waals surface area contributed by atoms with E-state index in [-0.39, 0.29) is 23.7 Å².